The highest BCUT2D eigenvalue weighted by atomic mass is 28.2. The summed E-state index contributed by atoms with van der Waals surface area (Å²) >= 11 is 0. The van der Waals surface area contributed by atoms with Gasteiger partial charge in [0.2, 0.25) is 10.5 Å². The van der Waals surface area contributed by atoms with E-state index in [2.05, 4.69) is 24.3 Å². The van der Waals surface area contributed by atoms with Crippen molar-refractivity contribution in [3.05, 3.63) is 35.6 Å². The molecule has 0 N–H and O–H groups in total. The Balaban J connectivity index is 2.34. The van der Waals surface area contributed by atoms with E-state index in [0.717, 1.165) is 44.1 Å². The van der Waals surface area contributed by atoms with E-state index in [1.807, 2.05) is 6.07 Å². The van der Waals surface area contributed by atoms with Crippen molar-refractivity contribution in [2.24, 2.45) is 0 Å². The number of hydrogen-bond acceptors (Lipinski definition) is 1. The molecule has 1 rings (SSSR count). The van der Waals surface area contributed by atoms with Gasteiger partial charge in [0.25, 0.3) is 0 Å². The van der Waals surface area contributed by atoms with Gasteiger partial charge >= 0.3 is 0 Å². The third kappa shape index (κ3) is 4.54. The van der Waals surface area contributed by atoms with E-state index in [1.165, 1.54) is 6.07 Å². The Hall–Kier alpha value is -0.673. The third-order valence-electron chi connectivity index (χ3n) is 3.74. The smallest absolute Gasteiger partial charge is 0.247 e. The molecule has 0 saturated heterocycles. The zero-order chi connectivity index (χ0) is 13.4. The van der Waals surface area contributed by atoms with Crippen LogP contribution in [0.15, 0.2) is 24.3 Å². The summed E-state index contributed by atoms with van der Waals surface area (Å²) in [6.45, 7) is 4.30. The molecule has 99 valence electrons. The highest BCUT2D eigenvalue weighted by molar-refractivity contribution is 5.98. The van der Waals surface area contributed by atoms with Gasteiger partial charge in [0, 0.05) is 0 Å². The minimum Gasteiger partial charge on any atom is -0.413 e. The SMILES string of the molecule is CCC(CC)(CCCCc1cccc(F)c1)O[Si]. The van der Waals surface area contributed by atoms with Crippen LogP contribution in [0, 0.1) is 5.82 Å². The first-order valence-corrected chi connectivity index (χ1v) is 7.16. The van der Waals surface area contributed by atoms with Crippen molar-refractivity contribution in [1.82, 2.24) is 0 Å². The average Bonchev–Trinajstić information content (AvgIpc) is 2.40. The molecule has 18 heavy (non-hydrogen) atoms. The maximum absolute atomic E-state index is 13.0. The summed E-state index contributed by atoms with van der Waals surface area (Å²) in [5.41, 5.74) is 1.03. The fourth-order valence-electron chi connectivity index (χ4n) is 2.27. The first-order chi connectivity index (χ1) is 8.65. The van der Waals surface area contributed by atoms with E-state index in [-0.39, 0.29) is 11.4 Å². The molecule has 0 heterocycles. The van der Waals surface area contributed by atoms with Gasteiger partial charge in [-0.2, -0.15) is 0 Å². The second-order valence-corrected chi connectivity index (χ2v) is 5.03. The van der Waals surface area contributed by atoms with Crippen LogP contribution in [0.3, 0.4) is 0 Å². The topological polar surface area (TPSA) is 9.23 Å². The third-order valence-corrected chi connectivity index (χ3v) is 4.18. The Bertz CT molecular complexity index is 342. The molecule has 0 aromatic heterocycles. The molecule has 0 aliphatic carbocycles. The lowest BCUT2D eigenvalue weighted by molar-refractivity contribution is 0.0585. The minimum atomic E-state index is -0.146. The molecule has 3 radical (unpaired) electrons. The van der Waals surface area contributed by atoms with Crippen LogP contribution in [0.1, 0.15) is 51.5 Å². The summed E-state index contributed by atoms with van der Waals surface area (Å²) in [6, 6.07) is 6.86. The number of halogens is 1. The Morgan fingerprint density at radius 3 is 2.50 bits per heavy atom. The first kappa shape index (κ1) is 15.4. The molecular formula is C15H22FOSi. The lowest BCUT2D eigenvalue weighted by Crippen LogP contribution is -2.30. The molecule has 0 atom stereocenters. The summed E-state index contributed by atoms with van der Waals surface area (Å²) in [4.78, 5) is 0. The number of unbranched alkanes of at least 4 members (excludes halogenated alkanes) is 1. The number of hydrogen-bond donors (Lipinski definition) is 0. The van der Waals surface area contributed by atoms with Crippen molar-refractivity contribution in [3.63, 3.8) is 0 Å². The van der Waals surface area contributed by atoms with Crippen LogP contribution < -0.4 is 0 Å². The van der Waals surface area contributed by atoms with Gasteiger partial charge < -0.3 is 4.43 Å². The molecule has 0 amide bonds. The Labute approximate surface area is 113 Å². The molecule has 0 bridgehead atoms. The van der Waals surface area contributed by atoms with E-state index in [1.54, 1.807) is 12.1 Å². The molecule has 1 nitrogen and oxygen atoms in total. The first-order valence-electron chi connectivity index (χ1n) is 6.75. The van der Waals surface area contributed by atoms with Gasteiger partial charge in [-0.1, -0.05) is 32.4 Å². The zero-order valence-corrected chi connectivity index (χ0v) is 12.3. The van der Waals surface area contributed by atoms with Crippen molar-refractivity contribution >= 4 is 10.5 Å². The second-order valence-electron chi connectivity index (χ2n) is 4.83. The van der Waals surface area contributed by atoms with Crippen molar-refractivity contribution in [2.45, 2.75) is 58.0 Å². The van der Waals surface area contributed by atoms with E-state index >= 15 is 0 Å². The zero-order valence-electron chi connectivity index (χ0n) is 11.3. The monoisotopic (exact) mass is 265 g/mol. The highest BCUT2D eigenvalue weighted by Crippen LogP contribution is 2.26. The molecule has 0 aliphatic heterocycles. The molecular weight excluding hydrogens is 243 g/mol. The summed E-state index contributed by atoms with van der Waals surface area (Å²) in [5.74, 6) is -0.146. The Morgan fingerprint density at radius 1 is 1.22 bits per heavy atom. The van der Waals surface area contributed by atoms with Crippen LogP contribution in [0.2, 0.25) is 0 Å². The van der Waals surface area contributed by atoms with Gasteiger partial charge in [-0.3, -0.25) is 0 Å². The number of aryl methyl sites for hydroxylation is 1. The van der Waals surface area contributed by atoms with Crippen molar-refractivity contribution in [3.8, 4) is 0 Å². The van der Waals surface area contributed by atoms with Crippen LogP contribution in [0.4, 0.5) is 4.39 Å². The standard InChI is InChI=1S/C15H22FOSi/c1-3-15(4-2,17-18)11-6-5-8-13-9-7-10-14(16)12-13/h7,9-10,12H,3-6,8,11H2,1-2H3. The normalized spacial score (nSPS) is 11.8. The quantitative estimate of drug-likeness (QED) is 0.505. The highest BCUT2D eigenvalue weighted by Gasteiger charge is 2.23. The predicted molar refractivity (Wildman–Crippen MR) is 74.1 cm³/mol. The number of benzene rings is 1. The largest absolute Gasteiger partial charge is 0.413 e. The second kappa shape index (κ2) is 7.69. The molecule has 0 saturated carbocycles. The number of rotatable bonds is 8. The van der Waals surface area contributed by atoms with E-state index in [4.69, 9.17) is 4.43 Å². The summed E-state index contributed by atoms with van der Waals surface area (Å²) in [5, 5.41) is 0. The van der Waals surface area contributed by atoms with Gasteiger partial charge in [0.15, 0.2) is 0 Å². The van der Waals surface area contributed by atoms with E-state index in [9.17, 15) is 4.39 Å². The maximum atomic E-state index is 13.0. The van der Waals surface area contributed by atoms with E-state index in [0.29, 0.717) is 0 Å². The van der Waals surface area contributed by atoms with Crippen molar-refractivity contribution in [1.29, 1.82) is 0 Å². The lowest BCUT2D eigenvalue weighted by atomic mass is 9.90. The minimum absolute atomic E-state index is 0.0428. The van der Waals surface area contributed by atoms with Crippen molar-refractivity contribution < 1.29 is 8.82 Å². The molecule has 0 unspecified atom stereocenters. The van der Waals surface area contributed by atoms with Gasteiger partial charge in [-0.15, -0.1) is 0 Å². The maximum Gasteiger partial charge on any atom is 0.247 e. The molecule has 0 aliphatic rings. The van der Waals surface area contributed by atoms with Gasteiger partial charge in [0.1, 0.15) is 5.82 Å². The summed E-state index contributed by atoms with van der Waals surface area (Å²) < 4.78 is 18.5. The van der Waals surface area contributed by atoms with Gasteiger partial charge in [-0.05, 0) is 49.8 Å². The summed E-state index contributed by atoms with van der Waals surface area (Å²) in [6.07, 6.45) is 6.16. The fourth-order valence-corrected chi connectivity index (χ4v) is 2.66. The van der Waals surface area contributed by atoms with Gasteiger partial charge in [0.05, 0.1) is 5.60 Å². The van der Waals surface area contributed by atoms with Crippen LogP contribution in [0.25, 0.3) is 0 Å². The fraction of sp³-hybridized carbons (Fsp3) is 0.600. The van der Waals surface area contributed by atoms with Crippen LogP contribution in [-0.2, 0) is 10.8 Å². The van der Waals surface area contributed by atoms with Crippen LogP contribution in [0.5, 0.6) is 0 Å². The predicted octanol–water partition coefficient (Wildman–Crippen LogP) is 4.20. The Morgan fingerprint density at radius 2 is 1.94 bits per heavy atom. The molecule has 0 fully saturated rings. The van der Waals surface area contributed by atoms with E-state index < -0.39 is 0 Å². The molecule has 1 aromatic rings. The van der Waals surface area contributed by atoms with Gasteiger partial charge in [-0.25, -0.2) is 4.39 Å². The molecule has 1 aromatic carbocycles. The summed E-state index contributed by atoms with van der Waals surface area (Å²) in [7, 11) is 3.20. The van der Waals surface area contributed by atoms with Crippen LogP contribution in [-0.4, -0.2) is 16.1 Å². The van der Waals surface area contributed by atoms with Crippen molar-refractivity contribution in [2.75, 3.05) is 0 Å². The molecule has 0 spiro atoms. The average molecular weight is 265 g/mol. The molecule has 3 heteroatoms. The van der Waals surface area contributed by atoms with Crippen LogP contribution >= 0.6 is 0 Å². The lowest BCUT2D eigenvalue weighted by Gasteiger charge is -2.30. The Kier molecular flexibility index (Phi) is 6.58.